The maximum Gasteiger partial charge on any atom is 0.163 e. The van der Waals surface area contributed by atoms with Crippen molar-refractivity contribution in [2.24, 2.45) is 0 Å². The Bertz CT molecular complexity index is 215. The van der Waals surface area contributed by atoms with Crippen molar-refractivity contribution < 1.29 is 12.8 Å². The van der Waals surface area contributed by atoms with Crippen molar-refractivity contribution in [2.75, 3.05) is 0 Å². The summed E-state index contributed by atoms with van der Waals surface area (Å²) in [6.07, 6.45) is 1.54. The summed E-state index contributed by atoms with van der Waals surface area (Å²) in [6.45, 7) is 4.28. The van der Waals surface area contributed by atoms with Crippen LogP contribution in [0.5, 0.6) is 0 Å². The Morgan fingerprint density at radius 2 is 2.00 bits per heavy atom. The zero-order valence-electron chi connectivity index (χ0n) is 6.93. The van der Waals surface area contributed by atoms with E-state index < -0.39 is 16.4 Å². The highest BCUT2D eigenvalue weighted by Crippen LogP contribution is 2.15. The lowest BCUT2D eigenvalue weighted by Gasteiger charge is -2.09. The Hall–Kier alpha value is -0.380. The van der Waals surface area contributed by atoms with Crippen LogP contribution in [0.3, 0.4) is 0 Å². The van der Waals surface area contributed by atoms with Crippen molar-refractivity contribution >= 4 is 10.7 Å². The Labute approximate surface area is 68.1 Å². The highest BCUT2D eigenvalue weighted by molar-refractivity contribution is 7.76. The van der Waals surface area contributed by atoms with Crippen LogP contribution in [0, 0.1) is 0 Å². The van der Waals surface area contributed by atoms with E-state index in [9.17, 15) is 12.8 Å². The maximum absolute atomic E-state index is 12.8. The number of thiol groups is 1. The third-order valence-corrected chi connectivity index (χ3v) is 1.93. The van der Waals surface area contributed by atoms with Gasteiger partial charge in [-0.25, -0.2) is 12.8 Å². The van der Waals surface area contributed by atoms with Gasteiger partial charge in [-0.2, -0.15) is 0 Å². The van der Waals surface area contributed by atoms with E-state index in [0.29, 0.717) is 0 Å². The first-order chi connectivity index (χ1) is 4.83. The first-order valence-corrected chi connectivity index (χ1v) is 4.51. The normalized spacial score (nSPS) is 14.1. The first-order valence-electron chi connectivity index (χ1n) is 3.33. The van der Waals surface area contributed by atoms with E-state index in [-0.39, 0.29) is 11.3 Å². The molecule has 0 N–H and O–H groups in total. The fourth-order valence-electron chi connectivity index (χ4n) is 0.465. The minimum Gasteiger partial charge on any atom is -0.244 e. The van der Waals surface area contributed by atoms with Gasteiger partial charge in [0, 0.05) is 11.3 Å². The predicted octanol–water partition coefficient (Wildman–Crippen LogP) is 1.64. The van der Waals surface area contributed by atoms with E-state index in [0.717, 1.165) is 0 Å². The molecule has 0 radical (unpaired) electrons. The first kappa shape index (κ1) is 10.6. The Morgan fingerprint density at radius 1 is 1.55 bits per heavy atom. The molecular formula is C7H13FO2S. The van der Waals surface area contributed by atoms with E-state index in [2.05, 4.69) is 0 Å². The smallest absolute Gasteiger partial charge is 0.163 e. The van der Waals surface area contributed by atoms with Crippen LogP contribution in [0.2, 0.25) is 0 Å². The molecule has 0 atom stereocenters. The molecule has 11 heavy (non-hydrogen) atoms. The van der Waals surface area contributed by atoms with Gasteiger partial charge in [0.25, 0.3) is 0 Å². The molecule has 0 spiro atoms. The van der Waals surface area contributed by atoms with Gasteiger partial charge in [-0.1, -0.05) is 6.08 Å². The molecule has 0 aromatic heterocycles. The number of allylic oxidation sites excluding steroid dienone is 2. The lowest BCUT2D eigenvalue weighted by atomic mass is 10.1. The SMILES string of the molecule is C/C(=C\CC(C)(C)F)[SH](=O)=O. The number of halogens is 1. The van der Waals surface area contributed by atoms with Crippen LogP contribution in [-0.2, 0) is 10.7 Å². The molecule has 0 aromatic rings. The molecule has 4 heteroatoms. The van der Waals surface area contributed by atoms with E-state index in [1.165, 1.54) is 26.8 Å². The second-order valence-corrected chi connectivity index (χ2v) is 4.25. The van der Waals surface area contributed by atoms with Crippen LogP contribution in [0.25, 0.3) is 0 Å². The third kappa shape index (κ3) is 6.04. The van der Waals surface area contributed by atoms with Gasteiger partial charge in [0.15, 0.2) is 10.7 Å². The molecule has 0 aromatic carbocycles. The third-order valence-electron chi connectivity index (χ3n) is 1.17. The van der Waals surface area contributed by atoms with Crippen molar-refractivity contribution in [1.82, 2.24) is 0 Å². The van der Waals surface area contributed by atoms with Gasteiger partial charge < -0.3 is 0 Å². The molecule has 0 saturated carbocycles. The minimum atomic E-state index is -2.52. The maximum atomic E-state index is 12.8. The molecule has 0 amide bonds. The number of alkyl halides is 1. The molecule has 0 rings (SSSR count). The number of rotatable bonds is 3. The molecule has 0 heterocycles. The summed E-state index contributed by atoms with van der Waals surface area (Å²) in [7, 11) is -2.52. The number of hydrogen-bond donors (Lipinski definition) is 1. The van der Waals surface area contributed by atoms with Gasteiger partial charge in [-0.3, -0.25) is 0 Å². The van der Waals surface area contributed by atoms with E-state index in [4.69, 9.17) is 0 Å². The summed E-state index contributed by atoms with van der Waals surface area (Å²) in [4.78, 5) is 0.228. The van der Waals surface area contributed by atoms with Crippen LogP contribution in [0.15, 0.2) is 11.0 Å². The number of hydrogen-bond acceptors (Lipinski definition) is 2. The van der Waals surface area contributed by atoms with Gasteiger partial charge in [-0.15, -0.1) is 0 Å². The highest BCUT2D eigenvalue weighted by Gasteiger charge is 2.12. The molecular weight excluding hydrogens is 167 g/mol. The van der Waals surface area contributed by atoms with Gasteiger partial charge in [0.05, 0.1) is 0 Å². The van der Waals surface area contributed by atoms with E-state index in [1.807, 2.05) is 0 Å². The van der Waals surface area contributed by atoms with Crippen LogP contribution < -0.4 is 0 Å². The molecule has 0 fully saturated rings. The van der Waals surface area contributed by atoms with Crippen LogP contribution >= 0.6 is 0 Å². The standard InChI is InChI=1S/C7H13FO2S/c1-6(11(9)10)4-5-7(2,3)8/h4,11H,5H2,1-3H3/b6-4+. The Balaban J connectivity index is 4.15. The zero-order chi connectivity index (χ0) is 9.07. The fourth-order valence-corrected chi connectivity index (χ4v) is 0.705. The van der Waals surface area contributed by atoms with Crippen LogP contribution in [0.4, 0.5) is 4.39 Å². The lowest BCUT2D eigenvalue weighted by Crippen LogP contribution is -2.09. The summed E-state index contributed by atoms with van der Waals surface area (Å²) in [6, 6.07) is 0. The van der Waals surface area contributed by atoms with Gasteiger partial charge >= 0.3 is 0 Å². The minimum absolute atomic E-state index is 0.141. The average Bonchev–Trinajstić information content (AvgIpc) is 1.80. The highest BCUT2D eigenvalue weighted by atomic mass is 32.2. The summed E-state index contributed by atoms with van der Waals surface area (Å²) in [5, 5.41) is 0. The molecule has 0 aliphatic heterocycles. The van der Waals surface area contributed by atoms with E-state index in [1.54, 1.807) is 0 Å². The largest absolute Gasteiger partial charge is 0.244 e. The van der Waals surface area contributed by atoms with E-state index >= 15 is 0 Å². The second kappa shape index (κ2) is 3.85. The van der Waals surface area contributed by atoms with Gasteiger partial charge in [-0.05, 0) is 20.8 Å². The molecule has 2 nitrogen and oxygen atoms in total. The molecule has 0 saturated heterocycles. The monoisotopic (exact) mass is 180 g/mol. The molecule has 0 bridgehead atoms. The molecule has 0 aliphatic rings. The van der Waals surface area contributed by atoms with Crippen LogP contribution in [-0.4, -0.2) is 14.1 Å². The van der Waals surface area contributed by atoms with Gasteiger partial charge in [0.2, 0.25) is 0 Å². The second-order valence-electron chi connectivity index (χ2n) is 3.03. The molecule has 66 valence electrons. The summed E-state index contributed by atoms with van der Waals surface area (Å²) in [5.41, 5.74) is -1.33. The summed E-state index contributed by atoms with van der Waals surface area (Å²) in [5.74, 6) is 0. The molecule has 0 aliphatic carbocycles. The Kier molecular flexibility index (Phi) is 3.72. The summed E-state index contributed by atoms with van der Waals surface area (Å²) < 4.78 is 33.3. The van der Waals surface area contributed by atoms with Crippen molar-refractivity contribution in [3.63, 3.8) is 0 Å². The van der Waals surface area contributed by atoms with Crippen LogP contribution in [0.1, 0.15) is 27.2 Å². The predicted molar refractivity (Wildman–Crippen MR) is 43.9 cm³/mol. The quantitative estimate of drug-likeness (QED) is 0.670. The van der Waals surface area contributed by atoms with Crippen molar-refractivity contribution in [3.8, 4) is 0 Å². The molecule has 0 unspecified atom stereocenters. The van der Waals surface area contributed by atoms with Crippen molar-refractivity contribution in [1.29, 1.82) is 0 Å². The van der Waals surface area contributed by atoms with Crippen molar-refractivity contribution in [3.05, 3.63) is 11.0 Å². The van der Waals surface area contributed by atoms with Crippen molar-refractivity contribution in [2.45, 2.75) is 32.9 Å². The average molecular weight is 180 g/mol. The van der Waals surface area contributed by atoms with Gasteiger partial charge in [0.1, 0.15) is 5.67 Å². The summed E-state index contributed by atoms with van der Waals surface area (Å²) >= 11 is 0. The topological polar surface area (TPSA) is 34.1 Å². The fraction of sp³-hybridized carbons (Fsp3) is 0.714. The Morgan fingerprint density at radius 3 is 2.27 bits per heavy atom. The lowest BCUT2D eigenvalue weighted by molar-refractivity contribution is 0.221. The zero-order valence-corrected chi connectivity index (χ0v) is 7.82.